The van der Waals surface area contributed by atoms with E-state index < -0.39 is 5.41 Å². The Balaban J connectivity index is 2.43. The van der Waals surface area contributed by atoms with Gasteiger partial charge in [-0.3, -0.25) is 4.79 Å². The number of Topliss-reactive ketones (excluding diaryl/α,β-unsaturated/α-hetero) is 1. The summed E-state index contributed by atoms with van der Waals surface area (Å²) in [6.45, 7) is 1.89. The highest BCUT2D eigenvalue weighted by Gasteiger charge is 2.34. The summed E-state index contributed by atoms with van der Waals surface area (Å²) in [5.41, 5.74) is 0.942. The quantitative estimate of drug-likeness (QED) is 0.832. The van der Waals surface area contributed by atoms with Crippen LogP contribution in [0, 0.1) is 0 Å². The Morgan fingerprint density at radius 1 is 1.00 bits per heavy atom. The molecule has 0 aliphatic heterocycles. The molecule has 1 atom stereocenters. The summed E-state index contributed by atoms with van der Waals surface area (Å²) < 4.78 is 0. The Bertz CT molecular complexity index is 534. The van der Waals surface area contributed by atoms with Gasteiger partial charge in [-0.25, -0.2) is 0 Å². The average Bonchev–Trinajstić information content (AvgIpc) is 2.48. The zero-order valence-electron chi connectivity index (χ0n) is 11.0. The number of aliphatic hydroxyl groups is 1. The highest BCUT2D eigenvalue weighted by molar-refractivity contribution is 6.03. The number of ketones is 1. The number of rotatable bonds is 5. The fourth-order valence-corrected chi connectivity index (χ4v) is 2.33. The third-order valence-electron chi connectivity index (χ3n) is 3.56. The molecule has 0 radical (unpaired) electrons. The summed E-state index contributed by atoms with van der Waals surface area (Å²) in [6, 6.07) is 18.9. The van der Waals surface area contributed by atoms with E-state index >= 15 is 0 Å². The Kier molecular flexibility index (Phi) is 4.13. The maximum atomic E-state index is 12.7. The molecule has 0 aromatic heterocycles. The lowest BCUT2D eigenvalue weighted by Crippen LogP contribution is -2.33. The number of hydrogen-bond donors (Lipinski definition) is 1. The Hall–Kier alpha value is -1.93. The van der Waals surface area contributed by atoms with Gasteiger partial charge < -0.3 is 5.11 Å². The number of hydrogen-bond acceptors (Lipinski definition) is 2. The van der Waals surface area contributed by atoms with E-state index in [1.54, 1.807) is 0 Å². The van der Waals surface area contributed by atoms with E-state index in [9.17, 15) is 9.90 Å². The SMILES string of the molecule is CC(CCO)(C(=O)c1ccccc1)c1ccccc1. The van der Waals surface area contributed by atoms with Gasteiger partial charge in [-0.1, -0.05) is 60.7 Å². The van der Waals surface area contributed by atoms with Crippen LogP contribution < -0.4 is 0 Å². The van der Waals surface area contributed by atoms with E-state index in [2.05, 4.69) is 0 Å². The van der Waals surface area contributed by atoms with Gasteiger partial charge >= 0.3 is 0 Å². The van der Waals surface area contributed by atoms with Gasteiger partial charge in [-0.15, -0.1) is 0 Å². The van der Waals surface area contributed by atoms with Crippen LogP contribution in [-0.2, 0) is 5.41 Å². The van der Waals surface area contributed by atoms with Crippen molar-refractivity contribution in [3.05, 3.63) is 71.8 Å². The first kappa shape index (κ1) is 13.5. The van der Waals surface area contributed by atoms with Crippen LogP contribution in [0.4, 0.5) is 0 Å². The fraction of sp³-hybridized carbons (Fsp3) is 0.235. The molecule has 1 unspecified atom stereocenters. The van der Waals surface area contributed by atoms with E-state index in [0.29, 0.717) is 12.0 Å². The first-order valence-electron chi connectivity index (χ1n) is 6.45. The van der Waals surface area contributed by atoms with Gasteiger partial charge in [0.05, 0.1) is 5.41 Å². The second-order valence-corrected chi connectivity index (χ2v) is 4.87. The van der Waals surface area contributed by atoms with Gasteiger partial charge in [-0.2, -0.15) is 0 Å². The highest BCUT2D eigenvalue weighted by Crippen LogP contribution is 2.31. The van der Waals surface area contributed by atoms with Crippen LogP contribution >= 0.6 is 0 Å². The molecular weight excluding hydrogens is 236 g/mol. The minimum Gasteiger partial charge on any atom is -0.396 e. The molecular formula is C17H18O2. The number of aliphatic hydroxyl groups excluding tert-OH is 1. The first-order valence-corrected chi connectivity index (χ1v) is 6.45. The molecule has 1 N–H and O–H groups in total. The summed E-state index contributed by atoms with van der Waals surface area (Å²) in [5, 5.41) is 9.31. The molecule has 0 spiro atoms. The molecule has 98 valence electrons. The number of carbonyl (C=O) groups is 1. The van der Waals surface area contributed by atoms with Crippen molar-refractivity contribution in [1.29, 1.82) is 0 Å². The number of carbonyl (C=O) groups excluding carboxylic acids is 1. The van der Waals surface area contributed by atoms with Crippen LogP contribution in [-0.4, -0.2) is 17.5 Å². The van der Waals surface area contributed by atoms with E-state index in [0.717, 1.165) is 5.56 Å². The van der Waals surface area contributed by atoms with Crippen molar-refractivity contribution in [1.82, 2.24) is 0 Å². The highest BCUT2D eigenvalue weighted by atomic mass is 16.3. The zero-order valence-corrected chi connectivity index (χ0v) is 11.0. The lowest BCUT2D eigenvalue weighted by Gasteiger charge is -2.28. The third kappa shape index (κ3) is 2.74. The molecule has 0 fully saturated rings. The van der Waals surface area contributed by atoms with Crippen LogP contribution in [0.25, 0.3) is 0 Å². The van der Waals surface area contributed by atoms with E-state index in [1.165, 1.54) is 0 Å². The number of benzene rings is 2. The molecule has 2 nitrogen and oxygen atoms in total. The van der Waals surface area contributed by atoms with Crippen molar-refractivity contribution >= 4 is 5.78 Å². The second-order valence-electron chi connectivity index (χ2n) is 4.87. The first-order chi connectivity index (χ1) is 9.18. The standard InChI is InChI=1S/C17H18O2/c1-17(12-13-18,15-10-6-3-7-11-15)16(19)14-8-4-2-5-9-14/h2-11,18H,12-13H2,1H3. The lowest BCUT2D eigenvalue weighted by molar-refractivity contribution is 0.0866. The summed E-state index contributed by atoms with van der Waals surface area (Å²) in [6.07, 6.45) is 0.421. The Morgan fingerprint density at radius 2 is 1.53 bits per heavy atom. The minimum atomic E-state index is -0.683. The summed E-state index contributed by atoms with van der Waals surface area (Å²) in [7, 11) is 0. The van der Waals surface area contributed by atoms with Gasteiger partial charge in [-0.05, 0) is 18.9 Å². The van der Waals surface area contributed by atoms with Gasteiger partial charge in [0.2, 0.25) is 0 Å². The molecule has 0 aliphatic rings. The van der Waals surface area contributed by atoms with Crippen molar-refractivity contribution in [2.75, 3.05) is 6.61 Å². The summed E-state index contributed by atoms with van der Waals surface area (Å²) in [4.78, 5) is 12.7. The summed E-state index contributed by atoms with van der Waals surface area (Å²) in [5.74, 6) is 0.0494. The monoisotopic (exact) mass is 254 g/mol. The molecule has 0 amide bonds. The van der Waals surface area contributed by atoms with Crippen LogP contribution in [0.15, 0.2) is 60.7 Å². The van der Waals surface area contributed by atoms with Gasteiger partial charge in [0, 0.05) is 12.2 Å². The maximum absolute atomic E-state index is 12.7. The second kappa shape index (κ2) is 5.81. The van der Waals surface area contributed by atoms with E-state index in [1.807, 2.05) is 67.6 Å². The Morgan fingerprint density at radius 3 is 2.05 bits per heavy atom. The van der Waals surface area contributed by atoms with Crippen LogP contribution in [0.5, 0.6) is 0 Å². The summed E-state index contributed by atoms with van der Waals surface area (Å²) >= 11 is 0. The topological polar surface area (TPSA) is 37.3 Å². The van der Waals surface area contributed by atoms with Crippen molar-refractivity contribution in [2.45, 2.75) is 18.8 Å². The Labute approximate surface area is 113 Å². The van der Waals surface area contributed by atoms with Crippen molar-refractivity contribution in [3.8, 4) is 0 Å². The molecule has 19 heavy (non-hydrogen) atoms. The molecule has 2 rings (SSSR count). The molecule has 2 aromatic rings. The molecule has 0 heterocycles. The minimum absolute atomic E-state index is 0.00995. The fourth-order valence-electron chi connectivity index (χ4n) is 2.33. The molecule has 0 bridgehead atoms. The van der Waals surface area contributed by atoms with E-state index in [-0.39, 0.29) is 12.4 Å². The zero-order chi connectivity index (χ0) is 13.7. The smallest absolute Gasteiger partial charge is 0.173 e. The molecule has 2 heteroatoms. The van der Waals surface area contributed by atoms with Crippen LogP contribution in [0.2, 0.25) is 0 Å². The lowest BCUT2D eigenvalue weighted by atomic mass is 9.74. The maximum Gasteiger partial charge on any atom is 0.173 e. The molecule has 0 aliphatic carbocycles. The molecule has 0 saturated heterocycles. The van der Waals surface area contributed by atoms with Crippen molar-refractivity contribution < 1.29 is 9.90 Å². The normalized spacial score (nSPS) is 13.8. The van der Waals surface area contributed by atoms with Gasteiger partial charge in [0.15, 0.2) is 5.78 Å². The molecule has 0 saturated carbocycles. The van der Waals surface area contributed by atoms with Crippen molar-refractivity contribution in [2.24, 2.45) is 0 Å². The van der Waals surface area contributed by atoms with Gasteiger partial charge in [0.1, 0.15) is 0 Å². The van der Waals surface area contributed by atoms with Crippen molar-refractivity contribution in [3.63, 3.8) is 0 Å². The third-order valence-corrected chi connectivity index (χ3v) is 3.56. The predicted molar refractivity (Wildman–Crippen MR) is 76.3 cm³/mol. The average molecular weight is 254 g/mol. The van der Waals surface area contributed by atoms with E-state index in [4.69, 9.17) is 0 Å². The van der Waals surface area contributed by atoms with Gasteiger partial charge in [0.25, 0.3) is 0 Å². The van der Waals surface area contributed by atoms with Crippen LogP contribution in [0.3, 0.4) is 0 Å². The molecule has 2 aromatic carbocycles. The largest absolute Gasteiger partial charge is 0.396 e. The predicted octanol–water partition coefficient (Wildman–Crippen LogP) is 3.21. The van der Waals surface area contributed by atoms with Crippen LogP contribution in [0.1, 0.15) is 29.3 Å².